The molecule has 31 heavy (non-hydrogen) atoms. The zero-order valence-electron chi connectivity index (χ0n) is 18.6. The summed E-state index contributed by atoms with van der Waals surface area (Å²) in [7, 11) is 1.32. The van der Waals surface area contributed by atoms with Crippen molar-refractivity contribution in [3.63, 3.8) is 0 Å². The molecule has 5 unspecified atom stereocenters. The van der Waals surface area contributed by atoms with Gasteiger partial charge in [0, 0.05) is 35.5 Å². The van der Waals surface area contributed by atoms with Crippen molar-refractivity contribution in [1.29, 1.82) is 0 Å². The summed E-state index contributed by atoms with van der Waals surface area (Å²) >= 11 is 0. The van der Waals surface area contributed by atoms with Crippen LogP contribution in [0, 0.1) is 11.8 Å². The zero-order valence-corrected chi connectivity index (χ0v) is 18.6. The maximum Gasteiger partial charge on any atom is 0.408 e. The minimum atomic E-state index is -0.838. The lowest BCUT2D eigenvalue weighted by Crippen LogP contribution is -2.58. The quantitative estimate of drug-likeness (QED) is 0.631. The number of methoxy groups -OCH3 is 1. The van der Waals surface area contributed by atoms with Crippen LogP contribution in [-0.2, 0) is 20.7 Å². The van der Waals surface area contributed by atoms with E-state index in [1.807, 2.05) is 37.4 Å². The standard InChI is InChI=1S/C24H33N3O4/c1-15-8-16-11-23(2,14-24(25,10-15)12-16)31-22(29)27-20(21(28)30-3)9-17-13-26-19-7-5-4-6-18(17)19/h4-7,13,15-16,20,26H,8-12,14,25H2,1-3H3,(H,27,29). The first-order valence-electron chi connectivity index (χ1n) is 11.1. The molecule has 0 spiro atoms. The zero-order chi connectivity index (χ0) is 22.2. The number of rotatable bonds is 5. The molecule has 0 radical (unpaired) electrons. The molecule has 2 aliphatic rings. The number of para-hydroxylation sites is 1. The number of benzene rings is 1. The van der Waals surface area contributed by atoms with Crippen molar-refractivity contribution in [3.8, 4) is 0 Å². The van der Waals surface area contributed by atoms with Crippen LogP contribution in [0.25, 0.3) is 10.9 Å². The Morgan fingerprint density at radius 1 is 1.29 bits per heavy atom. The van der Waals surface area contributed by atoms with Gasteiger partial charge in [0.1, 0.15) is 11.6 Å². The number of H-pyrrole nitrogens is 1. The number of aromatic nitrogens is 1. The number of carbonyl (C=O) groups is 2. The second-order valence-electron chi connectivity index (χ2n) is 9.98. The third kappa shape index (κ3) is 4.71. The molecule has 1 amide bonds. The monoisotopic (exact) mass is 427 g/mol. The summed E-state index contributed by atoms with van der Waals surface area (Å²) in [4.78, 5) is 28.4. The van der Waals surface area contributed by atoms with Crippen molar-refractivity contribution < 1.29 is 19.1 Å². The molecular weight excluding hydrogens is 394 g/mol. The number of amides is 1. The summed E-state index contributed by atoms with van der Waals surface area (Å²) in [5.41, 5.74) is 7.65. The minimum absolute atomic E-state index is 0.290. The smallest absolute Gasteiger partial charge is 0.408 e. The van der Waals surface area contributed by atoms with Gasteiger partial charge in [-0.05, 0) is 56.1 Å². The van der Waals surface area contributed by atoms with Crippen molar-refractivity contribution in [2.75, 3.05) is 7.11 Å². The number of nitrogens with two attached hydrogens (primary N) is 1. The van der Waals surface area contributed by atoms with E-state index < -0.39 is 23.7 Å². The van der Waals surface area contributed by atoms with Gasteiger partial charge in [0.15, 0.2) is 0 Å². The van der Waals surface area contributed by atoms with Crippen molar-refractivity contribution in [2.24, 2.45) is 17.6 Å². The van der Waals surface area contributed by atoms with Crippen LogP contribution < -0.4 is 11.1 Å². The average Bonchev–Trinajstić information content (AvgIpc) is 3.07. The van der Waals surface area contributed by atoms with E-state index in [4.69, 9.17) is 15.2 Å². The Balaban J connectivity index is 1.45. The fourth-order valence-electron chi connectivity index (χ4n) is 6.14. The number of hydrogen-bond acceptors (Lipinski definition) is 5. The van der Waals surface area contributed by atoms with Gasteiger partial charge in [0.25, 0.3) is 0 Å². The summed E-state index contributed by atoms with van der Waals surface area (Å²) in [6.07, 6.45) is 6.06. The first-order valence-corrected chi connectivity index (χ1v) is 11.1. The third-order valence-electron chi connectivity index (χ3n) is 6.85. The van der Waals surface area contributed by atoms with E-state index in [-0.39, 0.29) is 5.54 Å². The van der Waals surface area contributed by atoms with E-state index in [0.717, 1.165) is 42.1 Å². The Kier molecular flexibility index (Phi) is 5.73. The number of esters is 1. The number of alkyl carbamates (subject to hydrolysis) is 1. The second kappa shape index (κ2) is 8.19. The Morgan fingerprint density at radius 2 is 2.06 bits per heavy atom. The summed E-state index contributed by atoms with van der Waals surface area (Å²) in [6, 6.07) is 7.00. The largest absolute Gasteiger partial charge is 0.467 e. The summed E-state index contributed by atoms with van der Waals surface area (Å²) in [6.45, 7) is 4.21. The molecule has 7 heteroatoms. The highest BCUT2D eigenvalue weighted by Crippen LogP contribution is 2.48. The fraction of sp³-hybridized carbons (Fsp3) is 0.583. The molecular formula is C24H33N3O4. The van der Waals surface area contributed by atoms with Gasteiger partial charge in [-0.15, -0.1) is 0 Å². The summed E-state index contributed by atoms with van der Waals surface area (Å²) in [5.74, 6) is 0.557. The maximum atomic E-state index is 12.8. The van der Waals surface area contributed by atoms with E-state index in [9.17, 15) is 9.59 Å². The van der Waals surface area contributed by atoms with E-state index >= 15 is 0 Å². The van der Waals surface area contributed by atoms with Crippen LogP contribution in [-0.4, -0.2) is 41.3 Å². The molecule has 7 nitrogen and oxygen atoms in total. The van der Waals surface area contributed by atoms with Gasteiger partial charge in [-0.25, -0.2) is 9.59 Å². The van der Waals surface area contributed by atoms with Crippen molar-refractivity contribution in [1.82, 2.24) is 10.3 Å². The van der Waals surface area contributed by atoms with Gasteiger partial charge in [0.2, 0.25) is 0 Å². The van der Waals surface area contributed by atoms with E-state index in [0.29, 0.717) is 24.7 Å². The summed E-state index contributed by atoms with van der Waals surface area (Å²) < 4.78 is 10.8. The lowest BCUT2D eigenvalue weighted by Gasteiger charge is -2.52. The van der Waals surface area contributed by atoms with Gasteiger partial charge in [0.05, 0.1) is 7.11 Å². The second-order valence-corrected chi connectivity index (χ2v) is 9.98. The maximum absolute atomic E-state index is 12.8. The van der Waals surface area contributed by atoms with Gasteiger partial charge < -0.3 is 25.5 Å². The molecule has 1 heterocycles. The minimum Gasteiger partial charge on any atom is -0.467 e. The predicted molar refractivity (Wildman–Crippen MR) is 118 cm³/mol. The molecule has 0 aliphatic heterocycles. The van der Waals surface area contributed by atoms with Crippen LogP contribution in [0.3, 0.4) is 0 Å². The highest BCUT2D eigenvalue weighted by Gasteiger charge is 2.49. The van der Waals surface area contributed by atoms with E-state index in [1.165, 1.54) is 7.11 Å². The lowest BCUT2D eigenvalue weighted by atomic mass is 9.60. The molecule has 2 aromatic rings. The molecule has 4 rings (SSSR count). The molecule has 2 aliphatic carbocycles. The Labute approximate surface area is 183 Å². The molecule has 2 saturated carbocycles. The topological polar surface area (TPSA) is 106 Å². The van der Waals surface area contributed by atoms with Gasteiger partial charge in [-0.1, -0.05) is 25.1 Å². The third-order valence-corrected chi connectivity index (χ3v) is 6.85. The number of nitrogens with one attached hydrogen (secondary N) is 2. The van der Waals surface area contributed by atoms with Gasteiger partial charge in [-0.3, -0.25) is 0 Å². The molecule has 1 aromatic heterocycles. The van der Waals surface area contributed by atoms with Crippen LogP contribution in [0.4, 0.5) is 4.79 Å². The van der Waals surface area contributed by atoms with Gasteiger partial charge in [-0.2, -0.15) is 0 Å². The van der Waals surface area contributed by atoms with Crippen LogP contribution in [0.5, 0.6) is 0 Å². The summed E-state index contributed by atoms with van der Waals surface area (Å²) in [5, 5.41) is 3.75. The molecule has 1 aromatic carbocycles. The SMILES string of the molecule is COC(=O)C(Cc1c[nH]c2ccccc12)NC(=O)OC1(C)CC2CC(C)CC(N)(C2)C1. The number of fused-ring (bicyclic) bond motifs is 3. The Bertz CT molecular complexity index is 969. The van der Waals surface area contributed by atoms with Crippen LogP contribution in [0.1, 0.15) is 51.5 Å². The first-order chi connectivity index (χ1) is 14.7. The van der Waals surface area contributed by atoms with Gasteiger partial charge >= 0.3 is 12.1 Å². The Hall–Kier alpha value is -2.54. The van der Waals surface area contributed by atoms with Crippen molar-refractivity contribution in [2.45, 2.75) is 69.6 Å². The number of aromatic amines is 1. The normalized spacial score (nSPS) is 31.1. The van der Waals surface area contributed by atoms with Crippen molar-refractivity contribution >= 4 is 23.0 Å². The lowest BCUT2D eigenvalue weighted by molar-refractivity contribution is -0.143. The first kappa shape index (κ1) is 21.7. The van der Waals surface area contributed by atoms with Crippen molar-refractivity contribution in [3.05, 3.63) is 36.0 Å². The number of carbonyl (C=O) groups excluding carboxylic acids is 2. The van der Waals surface area contributed by atoms with E-state index in [1.54, 1.807) is 0 Å². The average molecular weight is 428 g/mol. The number of hydrogen-bond donors (Lipinski definition) is 3. The van der Waals surface area contributed by atoms with Crippen LogP contribution in [0.15, 0.2) is 30.5 Å². The molecule has 5 atom stereocenters. The highest BCUT2D eigenvalue weighted by molar-refractivity contribution is 5.86. The molecule has 4 N–H and O–H groups in total. The molecule has 168 valence electrons. The molecule has 2 fully saturated rings. The van der Waals surface area contributed by atoms with Crippen LogP contribution >= 0.6 is 0 Å². The molecule has 2 bridgehead atoms. The predicted octanol–water partition coefficient (Wildman–Crippen LogP) is 3.66. The molecule has 0 saturated heterocycles. The Morgan fingerprint density at radius 3 is 2.81 bits per heavy atom. The van der Waals surface area contributed by atoms with Crippen LogP contribution in [0.2, 0.25) is 0 Å². The van der Waals surface area contributed by atoms with E-state index in [2.05, 4.69) is 17.2 Å². The number of ether oxygens (including phenoxy) is 2. The fourth-order valence-corrected chi connectivity index (χ4v) is 6.14. The highest BCUT2D eigenvalue weighted by atomic mass is 16.6.